The average molecular weight is 481 g/mol. The first-order valence-corrected chi connectivity index (χ1v) is 10.4. The number of benzene rings is 2. The number of nitrogens with zero attached hydrogens (tertiary/aromatic N) is 1. The molecule has 2 N–H and O–H groups in total. The number of halogens is 1. The van der Waals surface area contributed by atoms with Gasteiger partial charge in [0.05, 0.1) is 23.4 Å². The molecule has 1 aliphatic heterocycles. The van der Waals surface area contributed by atoms with Crippen molar-refractivity contribution >= 4 is 41.5 Å². The number of furan rings is 1. The van der Waals surface area contributed by atoms with E-state index in [2.05, 4.69) is 5.32 Å². The van der Waals surface area contributed by atoms with Gasteiger partial charge in [-0.1, -0.05) is 29.8 Å². The number of ether oxygens (including phenoxy) is 1. The van der Waals surface area contributed by atoms with Crippen LogP contribution in [0.5, 0.6) is 5.75 Å². The van der Waals surface area contributed by atoms with Crippen LogP contribution in [0.1, 0.15) is 27.2 Å². The summed E-state index contributed by atoms with van der Waals surface area (Å²) >= 11 is 6.30. The normalized spacial score (nSPS) is 14.9. The predicted octanol–water partition coefficient (Wildman–Crippen LogP) is 3.87. The second-order valence-electron chi connectivity index (χ2n) is 7.27. The number of carbonyl (C=O) groups is 4. The lowest BCUT2D eigenvalue weighted by Crippen LogP contribution is -2.53. The lowest BCUT2D eigenvalue weighted by Gasteiger charge is -2.25. The van der Waals surface area contributed by atoms with Gasteiger partial charge in [-0.25, -0.2) is 9.59 Å². The quantitative estimate of drug-likeness (QED) is 0.388. The van der Waals surface area contributed by atoms with E-state index < -0.39 is 23.8 Å². The Bertz CT molecular complexity index is 1310. The molecule has 0 atom stereocenters. The Labute approximate surface area is 198 Å². The van der Waals surface area contributed by atoms with Crippen molar-refractivity contribution in [2.45, 2.75) is 13.2 Å². The molecule has 34 heavy (non-hydrogen) atoms. The van der Waals surface area contributed by atoms with Crippen LogP contribution in [0.25, 0.3) is 6.08 Å². The molecular formula is C24H17ClN2O7. The van der Waals surface area contributed by atoms with E-state index in [1.165, 1.54) is 30.5 Å². The van der Waals surface area contributed by atoms with Gasteiger partial charge in [0, 0.05) is 0 Å². The van der Waals surface area contributed by atoms with Crippen LogP contribution in [0.2, 0.25) is 5.02 Å². The minimum Gasteiger partial charge on any atom is -0.487 e. The number of carbonyl (C=O) groups excluding carboxylic acids is 3. The molecule has 0 aliphatic carbocycles. The zero-order valence-corrected chi connectivity index (χ0v) is 18.2. The summed E-state index contributed by atoms with van der Waals surface area (Å²) in [7, 11) is 0. The third-order valence-electron chi connectivity index (χ3n) is 4.92. The van der Waals surface area contributed by atoms with E-state index >= 15 is 0 Å². The largest absolute Gasteiger partial charge is 0.487 e. The maximum absolute atomic E-state index is 12.8. The first-order chi connectivity index (χ1) is 16.3. The molecule has 172 valence electrons. The SMILES string of the molecule is O=C1NC(=O)N(Cc2ccco2)C(=O)/C1=C/c1ccc(OCc2cccc(C(=O)O)c2)c(Cl)c1. The highest BCUT2D eigenvalue weighted by Gasteiger charge is 2.36. The Balaban J connectivity index is 1.50. The van der Waals surface area contributed by atoms with Crippen LogP contribution in [0.4, 0.5) is 4.79 Å². The highest BCUT2D eigenvalue weighted by molar-refractivity contribution is 6.33. The fourth-order valence-corrected chi connectivity index (χ4v) is 3.49. The Morgan fingerprint density at radius 1 is 1.12 bits per heavy atom. The van der Waals surface area contributed by atoms with E-state index in [1.54, 1.807) is 36.4 Å². The van der Waals surface area contributed by atoms with Gasteiger partial charge >= 0.3 is 12.0 Å². The van der Waals surface area contributed by atoms with Crippen LogP contribution < -0.4 is 10.1 Å². The molecular weight excluding hydrogens is 464 g/mol. The van der Waals surface area contributed by atoms with Gasteiger partial charge in [0.15, 0.2) is 0 Å². The fraction of sp³-hybridized carbons (Fsp3) is 0.0833. The second-order valence-corrected chi connectivity index (χ2v) is 7.68. The van der Waals surface area contributed by atoms with Gasteiger partial charge in [-0.15, -0.1) is 0 Å². The van der Waals surface area contributed by atoms with Gasteiger partial charge in [0.25, 0.3) is 11.8 Å². The minimum absolute atomic E-state index is 0.0893. The number of hydrogen-bond acceptors (Lipinski definition) is 6. The van der Waals surface area contributed by atoms with Gasteiger partial charge in [0.1, 0.15) is 23.7 Å². The number of rotatable bonds is 7. The van der Waals surface area contributed by atoms with E-state index in [9.17, 15) is 19.2 Å². The molecule has 0 saturated carbocycles. The summed E-state index contributed by atoms with van der Waals surface area (Å²) in [5.41, 5.74) is 0.995. The van der Waals surface area contributed by atoms with Crippen molar-refractivity contribution in [1.29, 1.82) is 0 Å². The number of carboxylic acids is 1. The Hall–Kier alpha value is -4.37. The maximum atomic E-state index is 12.8. The van der Waals surface area contributed by atoms with Gasteiger partial charge in [-0.3, -0.25) is 19.8 Å². The van der Waals surface area contributed by atoms with Crippen LogP contribution in [-0.2, 0) is 22.7 Å². The fourth-order valence-electron chi connectivity index (χ4n) is 3.24. The van der Waals surface area contributed by atoms with Gasteiger partial charge < -0.3 is 14.3 Å². The molecule has 10 heteroatoms. The summed E-state index contributed by atoms with van der Waals surface area (Å²) in [4.78, 5) is 49.2. The predicted molar refractivity (Wildman–Crippen MR) is 120 cm³/mol. The molecule has 1 saturated heterocycles. The monoisotopic (exact) mass is 480 g/mol. The zero-order valence-electron chi connectivity index (χ0n) is 17.5. The molecule has 1 fully saturated rings. The summed E-state index contributed by atoms with van der Waals surface area (Å²) < 4.78 is 10.9. The zero-order chi connectivity index (χ0) is 24.2. The number of imide groups is 2. The van der Waals surface area contributed by atoms with Crippen molar-refractivity contribution < 1.29 is 33.4 Å². The smallest absolute Gasteiger partial charge is 0.335 e. The Kier molecular flexibility index (Phi) is 6.46. The van der Waals surface area contributed by atoms with Crippen molar-refractivity contribution in [3.8, 4) is 5.75 Å². The molecule has 0 radical (unpaired) electrons. The number of amides is 4. The van der Waals surface area contributed by atoms with Crippen LogP contribution >= 0.6 is 11.6 Å². The van der Waals surface area contributed by atoms with Crippen LogP contribution in [0.3, 0.4) is 0 Å². The molecule has 1 aliphatic rings. The summed E-state index contributed by atoms with van der Waals surface area (Å²) in [6, 6.07) is 13.4. The minimum atomic E-state index is -1.04. The molecule has 3 aromatic rings. The van der Waals surface area contributed by atoms with E-state index in [1.807, 2.05) is 0 Å². The topological polar surface area (TPSA) is 126 Å². The van der Waals surface area contributed by atoms with Crippen LogP contribution in [-0.4, -0.2) is 33.8 Å². The van der Waals surface area contributed by atoms with Crippen LogP contribution in [0.15, 0.2) is 70.9 Å². The highest BCUT2D eigenvalue weighted by atomic mass is 35.5. The number of aromatic carboxylic acids is 1. The van der Waals surface area contributed by atoms with Crippen molar-refractivity contribution in [3.63, 3.8) is 0 Å². The maximum Gasteiger partial charge on any atom is 0.335 e. The number of nitrogens with one attached hydrogen (secondary N) is 1. The summed E-state index contributed by atoms with van der Waals surface area (Å²) in [6.07, 6.45) is 2.74. The van der Waals surface area contributed by atoms with Gasteiger partial charge in [0.2, 0.25) is 0 Å². The van der Waals surface area contributed by atoms with E-state index in [4.69, 9.17) is 25.9 Å². The lowest BCUT2D eigenvalue weighted by molar-refractivity contribution is -0.130. The second kappa shape index (κ2) is 9.63. The lowest BCUT2D eigenvalue weighted by atomic mass is 10.1. The van der Waals surface area contributed by atoms with Gasteiger partial charge in [-0.05, 0) is 53.6 Å². The van der Waals surface area contributed by atoms with E-state index in [0.717, 1.165) is 4.90 Å². The summed E-state index contributed by atoms with van der Waals surface area (Å²) in [5, 5.41) is 11.4. The van der Waals surface area contributed by atoms with Crippen LogP contribution in [0, 0.1) is 0 Å². The third kappa shape index (κ3) is 5.00. The average Bonchev–Trinajstić information content (AvgIpc) is 3.32. The molecule has 0 spiro atoms. The first-order valence-electron chi connectivity index (χ1n) is 9.97. The molecule has 0 unspecified atom stereocenters. The van der Waals surface area contributed by atoms with Gasteiger partial charge in [-0.2, -0.15) is 0 Å². The molecule has 1 aromatic heterocycles. The molecule has 2 heterocycles. The molecule has 9 nitrogen and oxygen atoms in total. The number of carboxylic acid groups (broad SMARTS) is 1. The number of hydrogen-bond donors (Lipinski definition) is 2. The molecule has 2 aromatic carbocycles. The molecule has 4 amide bonds. The van der Waals surface area contributed by atoms with Crippen molar-refractivity contribution in [2.75, 3.05) is 0 Å². The van der Waals surface area contributed by atoms with E-state index in [0.29, 0.717) is 22.6 Å². The summed E-state index contributed by atoms with van der Waals surface area (Å²) in [5.74, 6) is -1.91. The molecule has 4 rings (SSSR count). The highest BCUT2D eigenvalue weighted by Crippen LogP contribution is 2.28. The van der Waals surface area contributed by atoms with Crippen molar-refractivity contribution in [1.82, 2.24) is 10.2 Å². The molecule has 0 bridgehead atoms. The Morgan fingerprint density at radius 3 is 2.65 bits per heavy atom. The van der Waals surface area contributed by atoms with Crippen molar-refractivity contribution in [2.24, 2.45) is 0 Å². The standard InChI is InChI=1S/C24H17ClN2O7/c25-19-11-14(6-7-20(19)34-13-15-3-1-4-16(9-15)23(30)31)10-18-21(28)26-24(32)27(22(18)29)12-17-5-2-8-33-17/h1-11H,12-13H2,(H,30,31)(H,26,28,32)/b18-10+. The van der Waals surface area contributed by atoms with Crippen molar-refractivity contribution in [3.05, 3.63) is 93.9 Å². The summed E-state index contributed by atoms with van der Waals surface area (Å²) in [6.45, 7) is -0.0368. The number of barbiturate groups is 1. The third-order valence-corrected chi connectivity index (χ3v) is 5.21. The first kappa shape index (κ1) is 22.8. The van der Waals surface area contributed by atoms with E-state index in [-0.39, 0.29) is 29.3 Å². The Morgan fingerprint density at radius 2 is 1.94 bits per heavy atom. The number of urea groups is 1.